The zero-order valence-electron chi connectivity index (χ0n) is 7.85. The van der Waals surface area contributed by atoms with Crippen molar-refractivity contribution in [2.75, 3.05) is 0 Å². The summed E-state index contributed by atoms with van der Waals surface area (Å²) in [7, 11) is 0. The summed E-state index contributed by atoms with van der Waals surface area (Å²) in [5.74, 6) is 0.642. The van der Waals surface area contributed by atoms with Crippen molar-refractivity contribution in [3.63, 3.8) is 0 Å². The lowest BCUT2D eigenvalue weighted by Gasteiger charge is -2.28. The first-order valence-electron chi connectivity index (χ1n) is 4.36. The van der Waals surface area contributed by atoms with E-state index < -0.39 is 0 Å². The molecule has 0 amide bonds. The van der Waals surface area contributed by atoms with Crippen LogP contribution in [0.15, 0.2) is 24.3 Å². The van der Waals surface area contributed by atoms with Crippen molar-refractivity contribution < 1.29 is 0 Å². The Balaban J connectivity index is 2.63. The number of hydrogen-bond acceptors (Lipinski definition) is 0. The van der Waals surface area contributed by atoms with E-state index in [1.807, 2.05) is 0 Å². The molecular formula is C11H18. The van der Waals surface area contributed by atoms with Gasteiger partial charge in [0.15, 0.2) is 0 Å². The summed E-state index contributed by atoms with van der Waals surface area (Å²) >= 11 is 0. The maximum Gasteiger partial charge on any atom is -0.00282 e. The van der Waals surface area contributed by atoms with Crippen LogP contribution in [0.5, 0.6) is 0 Å². The molecule has 0 heterocycles. The van der Waals surface area contributed by atoms with Crippen LogP contribution >= 0.6 is 0 Å². The van der Waals surface area contributed by atoms with E-state index in [9.17, 15) is 0 Å². The fourth-order valence-electron chi connectivity index (χ4n) is 1.49. The fourth-order valence-corrected chi connectivity index (χ4v) is 1.49. The van der Waals surface area contributed by atoms with Gasteiger partial charge in [0.25, 0.3) is 0 Å². The van der Waals surface area contributed by atoms with Crippen molar-refractivity contribution in [1.82, 2.24) is 0 Å². The molecule has 0 aromatic carbocycles. The van der Waals surface area contributed by atoms with Gasteiger partial charge in [-0.1, -0.05) is 38.2 Å². The highest BCUT2D eigenvalue weighted by Gasteiger charge is 2.21. The van der Waals surface area contributed by atoms with Gasteiger partial charge >= 0.3 is 0 Å². The van der Waals surface area contributed by atoms with Gasteiger partial charge in [0.05, 0.1) is 0 Å². The Kier molecular flexibility index (Phi) is 2.22. The third kappa shape index (κ3) is 2.21. The molecule has 11 heavy (non-hydrogen) atoms. The van der Waals surface area contributed by atoms with Gasteiger partial charge in [-0.2, -0.15) is 0 Å². The Morgan fingerprint density at radius 2 is 2.18 bits per heavy atom. The highest BCUT2D eigenvalue weighted by atomic mass is 14.3. The molecule has 0 saturated carbocycles. The molecule has 0 aliphatic heterocycles. The van der Waals surface area contributed by atoms with Crippen molar-refractivity contribution >= 4 is 0 Å². The summed E-state index contributed by atoms with van der Waals surface area (Å²) in [6.07, 6.45) is 7.21. The number of hydrogen-bond donors (Lipinski definition) is 0. The molecule has 62 valence electrons. The average Bonchev–Trinajstić information content (AvgIpc) is 1.86. The third-order valence-corrected chi connectivity index (χ3v) is 2.51. The van der Waals surface area contributed by atoms with E-state index in [1.54, 1.807) is 0 Å². The van der Waals surface area contributed by atoms with Gasteiger partial charge in [-0.3, -0.25) is 0 Å². The Hall–Kier alpha value is -0.520. The van der Waals surface area contributed by atoms with E-state index in [-0.39, 0.29) is 0 Å². The minimum absolute atomic E-state index is 0.423. The van der Waals surface area contributed by atoms with Gasteiger partial charge in [0.1, 0.15) is 0 Å². The van der Waals surface area contributed by atoms with Gasteiger partial charge in [-0.25, -0.2) is 0 Å². The Morgan fingerprint density at radius 1 is 1.55 bits per heavy atom. The molecule has 1 aliphatic rings. The van der Waals surface area contributed by atoms with E-state index in [1.165, 1.54) is 18.4 Å². The van der Waals surface area contributed by atoms with Crippen LogP contribution in [0.25, 0.3) is 0 Å². The summed E-state index contributed by atoms with van der Waals surface area (Å²) in [5, 5.41) is 0. The summed E-state index contributed by atoms with van der Waals surface area (Å²) in [4.78, 5) is 0. The summed E-state index contributed by atoms with van der Waals surface area (Å²) in [6, 6.07) is 0. The van der Waals surface area contributed by atoms with E-state index in [0.717, 1.165) is 0 Å². The second-order valence-electron chi connectivity index (χ2n) is 4.34. The molecule has 0 aromatic heterocycles. The first kappa shape index (κ1) is 8.58. The van der Waals surface area contributed by atoms with E-state index >= 15 is 0 Å². The Labute approximate surface area is 70.0 Å². The zero-order valence-corrected chi connectivity index (χ0v) is 7.85. The zero-order chi connectivity index (χ0) is 8.48. The molecule has 0 saturated heterocycles. The van der Waals surface area contributed by atoms with Crippen LogP contribution in [0.4, 0.5) is 0 Å². The van der Waals surface area contributed by atoms with Gasteiger partial charge < -0.3 is 0 Å². The largest absolute Gasteiger partial charge is 0.0995 e. The van der Waals surface area contributed by atoms with Crippen molar-refractivity contribution in [3.8, 4) is 0 Å². The third-order valence-electron chi connectivity index (χ3n) is 2.51. The molecule has 0 spiro atoms. The van der Waals surface area contributed by atoms with Gasteiger partial charge in [0.2, 0.25) is 0 Å². The average molecular weight is 150 g/mol. The lowest BCUT2D eigenvalue weighted by Crippen LogP contribution is -2.15. The van der Waals surface area contributed by atoms with Crippen molar-refractivity contribution in [3.05, 3.63) is 24.3 Å². The minimum atomic E-state index is 0.423. The molecule has 1 rings (SSSR count). The summed E-state index contributed by atoms with van der Waals surface area (Å²) < 4.78 is 0. The van der Waals surface area contributed by atoms with E-state index in [2.05, 4.69) is 39.5 Å². The summed E-state index contributed by atoms with van der Waals surface area (Å²) in [6.45, 7) is 10.7. The highest BCUT2D eigenvalue weighted by molar-refractivity contribution is 5.13. The monoisotopic (exact) mass is 150 g/mol. The minimum Gasteiger partial charge on any atom is -0.0995 e. The van der Waals surface area contributed by atoms with Crippen molar-refractivity contribution in [1.29, 1.82) is 0 Å². The van der Waals surface area contributed by atoms with Gasteiger partial charge in [-0.15, -0.1) is 0 Å². The lowest BCUT2D eigenvalue weighted by atomic mass is 9.77. The molecule has 0 radical (unpaired) electrons. The van der Waals surface area contributed by atoms with Crippen LogP contribution < -0.4 is 0 Å². The second-order valence-corrected chi connectivity index (χ2v) is 4.34. The molecule has 1 aliphatic carbocycles. The fraction of sp³-hybridized carbons (Fsp3) is 0.636. The van der Waals surface area contributed by atoms with E-state index in [0.29, 0.717) is 11.3 Å². The predicted molar refractivity (Wildman–Crippen MR) is 50.5 cm³/mol. The molecule has 1 unspecified atom stereocenters. The van der Waals surface area contributed by atoms with Gasteiger partial charge in [-0.05, 0) is 31.1 Å². The highest BCUT2D eigenvalue weighted by Crippen LogP contribution is 2.34. The van der Waals surface area contributed by atoms with Crippen LogP contribution in [0.3, 0.4) is 0 Å². The molecule has 0 nitrogen and oxygen atoms in total. The van der Waals surface area contributed by atoms with Crippen LogP contribution in [-0.4, -0.2) is 0 Å². The topological polar surface area (TPSA) is 0 Å². The quantitative estimate of drug-likeness (QED) is 0.501. The molecule has 1 atom stereocenters. The molecule has 0 bridgehead atoms. The molecule has 0 fully saturated rings. The predicted octanol–water partition coefficient (Wildman–Crippen LogP) is 3.55. The number of rotatable bonds is 1. The standard InChI is InChI=1S/C11H18/c1-9(2)10-5-7-11(3,4)8-6-10/h5,7,10H,1,6,8H2,2-4H3. The van der Waals surface area contributed by atoms with Crippen LogP contribution in [-0.2, 0) is 0 Å². The van der Waals surface area contributed by atoms with Gasteiger partial charge in [0, 0.05) is 0 Å². The number of allylic oxidation sites excluding steroid dienone is 3. The van der Waals surface area contributed by atoms with E-state index in [4.69, 9.17) is 0 Å². The maximum atomic E-state index is 3.98. The van der Waals surface area contributed by atoms with Crippen LogP contribution in [0.1, 0.15) is 33.6 Å². The van der Waals surface area contributed by atoms with Crippen molar-refractivity contribution in [2.45, 2.75) is 33.6 Å². The van der Waals surface area contributed by atoms with Crippen molar-refractivity contribution in [2.24, 2.45) is 11.3 Å². The first-order valence-corrected chi connectivity index (χ1v) is 4.36. The van der Waals surface area contributed by atoms with Crippen LogP contribution in [0.2, 0.25) is 0 Å². The normalized spacial score (nSPS) is 28.5. The molecule has 0 heteroatoms. The van der Waals surface area contributed by atoms with Crippen LogP contribution in [0, 0.1) is 11.3 Å². The molecule has 0 N–H and O–H groups in total. The Bertz CT molecular complexity index is 184. The maximum absolute atomic E-state index is 3.98. The summed E-state index contributed by atoms with van der Waals surface area (Å²) in [5.41, 5.74) is 1.73. The molecular weight excluding hydrogens is 132 g/mol. The SMILES string of the molecule is C=C(C)C1C=CC(C)(C)CC1. The molecule has 0 aromatic rings. The lowest BCUT2D eigenvalue weighted by molar-refractivity contribution is 0.376. The second kappa shape index (κ2) is 2.84. The smallest absolute Gasteiger partial charge is 0.00282 e. The Morgan fingerprint density at radius 3 is 2.55 bits per heavy atom. The first-order chi connectivity index (χ1) is 5.01.